The fraction of sp³-hybridized carbons (Fsp3) is 0.357. The van der Waals surface area contributed by atoms with Crippen LogP contribution in [0.2, 0.25) is 0 Å². The van der Waals surface area contributed by atoms with Crippen LogP contribution in [0.1, 0.15) is 30.0 Å². The predicted molar refractivity (Wildman–Crippen MR) is 81.8 cm³/mol. The third kappa shape index (κ3) is 3.79. The molecule has 2 rings (SSSR count). The zero-order chi connectivity index (χ0) is 15.2. The maximum atomic E-state index is 12.1. The number of anilines is 2. The molecule has 0 radical (unpaired) electrons. The Morgan fingerprint density at radius 2 is 2.05 bits per heavy atom. The highest BCUT2D eigenvalue weighted by Crippen LogP contribution is 2.17. The van der Waals surface area contributed by atoms with Crippen molar-refractivity contribution in [2.75, 3.05) is 24.1 Å². The minimum atomic E-state index is -0.355. The van der Waals surface area contributed by atoms with Crippen molar-refractivity contribution in [2.45, 2.75) is 20.4 Å². The molecule has 112 valence electrons. The second kappa shape index (κ2) is 6.85. The first kappa shape index (κ1) is 15.0. The van der Waals surface area contributed by atoms with E-state index >= 15 is 0 Å². The summed E-state index contributed by atoms with van der Waals surface area (Å²) in [6.07, 6.45) is 0. The molecule has 21 heavy (non-hydrogen) atoms. The van der Waals surface area contributed by atoms with Crippen molar-refractivity contribution in [1.29, 1.82) is 0 Å². The summed E-state index contributed by atoms with van der Waals surface area (Å²) in [7, 11) is 0. The van der Waals surface area contributed by atoms with E-state index in [1.165, 1.54) is 0 Å². The van der Waals surface area contributed by atoms with Crippen molar-refractivity contribution in [3.63, 3.8) is 0 Å². The lowest BCUT2D eigenvalue weighted by Crippen LogP contribution is -2.23. The monoisotopic (exact) mass is 288 g/mol. The van der Waals surface area contributed by atoms with Gasteiger partial charge < -0.3 is 11.1 Å². The number of nitrogen functional groups attached to an aromatic ring is 1. The van der Waals surface area contributed by atoms with Crippen LogP contribution in [0, 0.1) is 0 Å². The molecule has 0 aliphatic carbocycles. The van der Waals surface area contributed by atoms with Crippen molar-refractivity contribution in [2.24, 2.45) is 0 Å². The number of carbonyl (C=O) groups is 1. The summed E-state index contributed by atoms with van der Waals surface area (Å²) < 4.78 is 0. The second-order valence-corrected chi connectivity index (χ2v) is 4.61. The SMILES string of the molecule is CCN(CC)Cc1ccccc1NC(=O)c1nc(N)n[nH]1. The molecule has 0 aliphatic heterocycles. The predicted octanol–water partition coefficient (Wildman–Crippen LogP) is 1.48. The van der Waals surface area contributed by atoms with Crippen LogP contribution in [0.4, 0.5) is 11.6 Å². The normalized spacial score (nSPS) is 10.8. The Hall–Kier alpha value is -2.41. The van der Waals surface area contributed by atoms with Crippen LogP contribution in [0.15, 0.2) is 24.3 Å². The first-order valence-electron chi connectivity index (χ1n) is 6.93. The van der Waals surface area contributed by atoms with Gasteiger partial charge in [-0.1, -0.05) is 32.0 Å². The van der Waals surface area contributed by atoms with Gasteiger partial charge in [0.2, 0.25) is 11.8 Å². The van der Waals surface area contributed by atoms with Crippen LogP contribution in [-0.4, -0.2) is 39.1 Å². The second-order valence-electron chi connectivity index (χ2n) is 4.61. The molecule has 0 unspecified atom stereocenters. The van der Waals surface area contributed by atoms with Gasteiger partial charge in [0.05, 0.1) is 0 Å². The Bertz CT molecular complexity index is 605. The lowest BCUT2D eigenvalue weighted by atomic mass is 10.1. The van der Waals surface area contributed by atoms with E-state index in [2.05, 4.69) is 39.2 Å². The Kier molecular flexibility index (Phi) is 4.89. The summed E-state index contributed by atoms with van der Waals surface area (Å²) in [4.78, 5) is 18.2. The van der Waals surface area contributed by atoms with Crippen LogP contribution in [-0.2, 0) is 6.54 Å². The molecule has 1 aromatic heterocycles. The first-order valence-corrected chi connectivity index (χ1v) is 6.93. The average molecular weight is 288 g/mol. The molecule has 1 heterocycles. The van der Waals surface area contributed by atoms with Crippen LogP contribution >= 0.6 is 0 Å². The molecule has 0 aliphatic rings. The van der Waals surface area contributed by atoms with Crippen LogP contribution < -0.4 is 11.1 Å². The van der Waals surface area contributed by atoms with E-state index in [1.54, 1.807) is 0 Å². The molecule has 0 bridgehead atoms. The number of rotatable bonds is 6. The molecule has 0 saturated heterocycles. The molecule has 7 heteroatoms. The molecule has 2 aromatic rings. The summed E-state index contributed by atoms with van der Waals surface area (Å²) >= 11 is 0. The highest BCUT2D eigenvalue weighted by Gasteiger charge is 2.13. The summed E-state index contributed by atoms with van der Waals surface area (Å²) in [5.41, 5.74) is 7.23. The zero-order valence-electron chi connectivity index (χ0n) is 12.3. The van der Waals surface area contributed by atoms with E-state index in [4.69, 9.17) is 5.73 Å². The third-order valence-corrected chi connectivity index (χ3v) is 3.27. The molecule has 1 amide bonds. The fourth-order valence-corrected chi connectivity index (χ4v) is 2.03. The van der Waals surface area contributed by atoms with Gasteiger partial charge in [0, 0.05) is 12.2 Å². The maximum Gasteiger partial charge on any atom is 0.293 e. The third-order valence-electron chi connectivity index (χ3n) is 3.27. The van der Waals surface area contributed by atoms with Gasteiger partial charge in [0.25, 0.3) is 5.91 Å². The van der Waals surface area contributed by atoms with Gasteiger partial charge in [-0.25, -0.2) is 0 Å². The topological polar surface area (TPSA) is 99.9 Å². The summed E-state index contributed by atoms with van der Waals surface area (Å²) in [6.45, 7) is 6.92. The molecule has 0 spiro atoms. The van der Waals surface area contributed by atoms with Crippen LogP contribution in [0.5, 0.6) is 0 Å². The molecule has 1 aromatic carbocycles. The number of nitrogens with zero attached hydrogens (tertiary/aromatic N) is 3. The Balaban J connectivity index is 2.14. The number of benzene rings is 1. The standard InChI is InChI=1S/C14H20N6O/c1-3-20(4-2)9-10-7-5-6-8-11(10)16-13(21)12-17-14(15)19-18-12/h5-8H,3-4,9H2,1-2H3,(H,16,21)(H3,15,17,18,19). The molecule has 4 N–H and O–H groups in total. The molecular formula is C14H20N6O. The lowest BCUT2D eigenvalue weighted by Gasteiger charge is -2.20. The lowest BCUT2D eigenvalue weighted by molar-refractivity contribution is 0.101. The molecule has 7 nitrogen and oxygen atoms in total. The van der Waals surface area contributed by atoms with E-state index in [-0.39, 0.29) is 17.7 Å². The van der Waals surface area contributed by atoms with Gasteiger partial charge in [0.15, 0.2) is 0 Å². The average Bonchev–Trinajstić information content (AvgIpc) is 2.93. The van der Waals surface area contributed by atoms with Gasteiger partial charge in [-0.2, -0.15) is 4.98 Å². The molecule has 0 fully saturated rings. The van der Waals surface area contributed by atoms with E-state index in [9.17, 15) is 4.79 Å². The van der Waals surface area contributed by atoms with Gasteiger partial charge in [0.1, 0.15) is 0 Å². The van der Waals surface area contributed by atoms with Crippen molar-refractivity contribution >= 4 is 17.5 Å². The Morgan fingerprint density at radius 1 is 1.33 bits per heavy atom. The number of carbonyl (C=O) groups excluding carboxylic acids is 1. The van der Waals surface area contributed by atoms with E-state index in [0.29, 0.717) is 0 Å². The van der Waals surface area contributed by atoms with Gasteiger partial charge in [-0.05, 0) is 24.7 Å². The van der Waals surface area contributed by atoms with Crippen LogP contribution in [0.25, 0.3) is 0 Å². The Labute approximate surface area is 123 Å². The van der Waals surface area contributed by atoms with E-state index in [1.807, 2.05) is 24.3 Å². The van der Waals surface area contributed by atoms with Gasteiger partial charge >= 0.3 is 0 Å². The molecule has 0 atom stereocenters. The number of para-hydroxylation sites is 1. The highest BCUT2D eigenvalue weighted by molar-refractivity contribution is 6.02. The van der Waals surface area contributed by atoms with Crippen molar-refractivity contribution in [3.05, 3.63) is 35.7 Å². The number of nitrogens with two attached hydrogens (primary N) is 1. The minimum absolute atomic E-state index is 0.0524. The van der Waals surface area contributed by atoms with Crippen molar-refractivity contribution in [3.8, 4) is 0 Å². The fourth-order valence-electron chi connectivity index (χ4n) is 2.03. The van der Waals surface area contributed by atoms with Crippen molar-refractivity contribution < 1.29 is 4.79 Å². The van der Waals surface area contributed by atoms with E-state index in [0.717, 1.165) is 30.9 Å². The van der Waals surface area contributed by atoms with Crippen molar-refractivity contribution in [1.82, 2.24) is 20.1 Å². The van der Waals surface area contributed by atoms with E-state index < -0.39 is 0 Å². The number of hydrogen-bond donors (Lipinski definition) is 3. The Morgan fingerprint density at radius 3 is 2.67 bits per heavy atom. The minimum Gasteiger partial charge on any atom is -0.366 e. The number of aromatic amines is 1. The zero-order valence-corrected chi connectivity index (χ0v) is 12.3. The molecule has 0 saturated carbocycles. The quantitative estimate of drug-likeness (QED) is 0.747. The largest absolute Gasteiger partial charge is 0.366 e. The van der Waals surface area contributed by atoms with Gasteiger partial charge in [-0.15, -0.1) is 5.10 Å². The number of aromatic nitrogens is 3. The first-order chi connectivity index (χ1) is 10.1. The van der Waals surface area contributed by atoms with Crippen LogP contribution in [0.3, 0.4) is 0 Å². The highest BCUT2D eigenvalue weighted by atomic mass is 16.2. The number of H-pyrrole nitrogens is 1. The summed E-state index contributed by atoms with van der Waals surface area (Å²) in [5.74, 6) is -0.201. The smallest absolute Gasteiger partial charge is 0.293 e. The summed E-state index contributed by atoms with van der Waals surface area (Å²) in [6, 6.07) is 7.72. The maximum absolute atomic E-state index is 12.1. The summed E-state index contributed by atoms with van der Waals surface area (Å²) in [5, 5.41) is 8.99. The molecular weight excluding hydrogens is 268 g/mol. The number of nitrogens with one attached hydrogen (secondary N) is 2. The van der Waals surface area contributed by atoms with Gasteiger partial charge in [-0.3, -0.25) is 14.8 Å². The number of hydrogen-bond acceptors (Lipinski definition) is 5. The number of amides is 1.